The van der Waals surface area contributed by atoms with Gasteiger partial charge in [-0.25, -0.2) is 9.59 Å². The standard InChI is InChI=1S/C27H28ClN3O5/c1-35-25(33)17-30-26(20-10-6-3-7-11-20)22-16-21(28)12-13-23(22)31-24(32)14-15-29-27(34)36-18-19-8-4-2-5-9-19/h2-13,16,26,30H,14-15,17-18H2,1H3,(H,29,34)(H,31,32)/p+1/t26-/m0/s1. The number of ether oxygens (including phenoxy) is 2. The Morgan fingerprint density at radius 3 is 2.36 bits per heavy atom. The van der Waals surface area contributed by atoms with E-state index in [9.17, 15) is 14.4 Å². The first-order chi connectivity index (χ1) is 17.5. The number of esters is 1. The van der Waals surface area contributed by atoms with Gasteiger partial charge >= 0.3 is 12.1 Å². The van der Waals surface area contributed by atoms with Crippen LogP contribution in [-0.2, 0) is 25.7 Å². The highest BCUT2D eigenvalue weighted by Gasteiger charge is 2.23. The van der Waals surface area contributed by atoms with E-state index in [1.54, 1.807) is 18.2 Å². The SMILES string of the molecule is COC(=O)C[NH2+][C@@H](c1ccccc1)c1cc(Cl)ccc1NC(=O)CCNC(=O)OCc1ccccc1. The van der Waals surface area contributed by atoms with Gasteiger partial charge < -0.3 is 25.4 Å². The van der Waals surface area contributed by atoms with Crippen LogP contribution >= 0.6 is 11.6 Å². The van der Waals surface area contributed by atoms with Gasteiger partial charge in [-0.2, -0.15) is 0 Å². The highest BCUT2D eigenvalue weighted by Crippen LogP contribution is 2.29. The molecule has 0 aliphatic heterocycles. The van der Waals surface area contributed by atoms with Crippen molar-refractivity contribution >= 4 is 35.3 Å². The van der Waals surface area contributed by atoms with Gasteiger partial charge in [-0.1, -0.05) is 72.3 Å². The van der Waals surface area contributed by atoms with Crippen molar-refractivity contribution in [1.29, 1.82) is 0 Å². The Morgan fingerprint density at radius 1 is 0.972 bits per heavy atom. The number of alkyl carbamates (subject to hydrolysis) is 1. The van der Waals surface area contributed by atoms with Crippen molar-refractivity contribution < 1.29 is 29.2 Å². The average Bonchev–Trinajstić information content (AvgIpc) is 2.90. The van der Waals surface area contributed by atoms with Crippen LogP contribution in [0.3, 0.4) is 0 Å². The van der Waals surface area contributed by atoms with Gasteiger partial charge in [0.2, 0.25) is 5.91 Å². The summed E-state index contributed by atoms with van der Waals surface area (Å²) in [4.78, 5) is 36.4. The molecule has 0 heterocycles. The van der Waals surface area contributed by atoms with Crippen LogP contribution in [0.15, 0.2) is 78.9 Å². The number of hydrogen-bond acceptors (Lipinski definition) is 5. The van der Waals surface area contributed by atoms with E-state index in [1.807, 2.05) is 66.0 Å². The first kappa shape index (κ1) is 26.7. The van der Waals surface area contributed by atoms with E-state index in [0.717, 1.165) is 16.7 Å². The van der Waals surface area contributed by atoms with E-state index in [2.05, 4.69) is 10.6 Å². The molecule has 3 aromatic carbocycles. The second-order valence-corrected chi connectivity index (χ2v) is 8.36. The van der Waals surface area contributed by atoms with Crippen molar-refractivity contribution in [2.24, 2.45) is 0 Å². The molecule has 3 aromatic rings. The zero-order valence-electron chi connectivity index (χ0n) is 19.9. The third kappa shape index (κ3) is 8.41. The molecule has 0 aliphatic rings. The number of amides is 2. The highest BCUT2D eigenvalue weighted by atomic mass is 35.5. The highest BCUT2D eigenvalue weighted by molar-refractivity contribution is 6.30. The Morgan fingerprint density at radius 2 is 1.67 bits per heavy atom. The molecule has 9 heteroatoms. The molecule has 0 aliphatic carbocycles. The molecule has 0 saturated heterocycles. The first-order valence-electron chi connectivity index (χ1n) is 11.4. The van der Waals surface area contributed by atoms with Gasteiger partial charge in [0.05, 0.1) is 12.8 Å². The van der Waals surface area contributed by atoms with E-state index in [-0.39, 0.29) is 44.0 Å². The Hall–Kier alpha value is -3.88. The maximum atomic E-state index is 12.7. The Labute approximate surface area is 214 Å². The summed E-state index contributed by atoms with van der Waals surface area (Å²) in [5, 5.41) is 7.80. The normalized spacial score (nSPS) is 11.3. The zero-order chi connectivity index (χ0) is 25.8. The summed E-state index contributed by atoms with van der Waals surface area (Å²) in [7, 11) is 1.34. The lowest BCUT2D eigenvalue weighted by Crippen LogP contribution is -2.87. The summed E-state index contributed by atoms with van der Waals surface area (Å²) >= 11 is 6.29. The molecular weight excluding hydrogens is 482 g/mol. The number of carbonyl (C=O) groups is 3. The van der Waals surface area contributed by atoms with Gasteiger partial charge in [-0.3, -0.25) is 4.79 Å². The monoisotopic (exact) mass is 510 g/mol. The number of anilines is 1. The summed E-state index contributed by atoms with van der Waals surface area (Å²) in [6.45, 7) is 0.347. The topological polar surface area (TPSA) is 110 Å². The first-order valence-corrected chi connectivity index (χ1v) is 11.8. The van der Waals surface area contributed by atoms with Crippen LogP contribution in [0.5, 0.6) is 0 Å². The number of carbonyl (C=O) groups excluding carboxylic acids is 3. The van der Waals surface area contributed by atoms with Crippen molar-refractivity contribution in [2.75, 3.05) is 25.5 Å². The lowest BCUT2D eigenvalue weighted by atomic mass is 9.97. The molecule has 36 heavy (non-hydrogen) atoms. The van der Waals surface area contributed by atoms with E-state index in [0.29, 0.717) is 10.7 Å². The van der Waals surface area contributed by atoms with Crippen LogP contribution in [0.1, 0.15) is 29.2 Å². The summed E-state index contributed by atoms with van der Waals surface area (Å²) in [6.07, 6.45) is -0.551. The molecule has 0 fully saturated rings. The van der Waals surface area contributed by atoms with Crippen LogP contribution < -0.4 is 16.0 Å². The van der Waals surface area contributed by atoms with Crippen molar-refractivity contribution in [3.8, 4) is 0 Å². The third-order valence-corrected chi connectivity index (χ3v) is 5.60. The van der Waals surface area contributed by atoms with Gasteiger partial charge in [-0.05, 0) is 23.8 Å². The number of nitrogens with two attached hydrogens (primary N) is 1. The number of halogens is 1. The van der Waals surface area contributed by atoms with Crippen molar-refractivity contribution in [2.45, 2.75) is 19.1 Å². The number of hydrogen-bond donors (Lipinski definition) is 3. The van der Waals surface area contributed by atoms with Gasteiger partial charge in [0.15, 0.2) is 6.54 Å². The number of nitrogens with one attached hydrogen (secondary N) is 2. The second kappa shape index (κ2) is 13.9. The van der Waals surface area contributed by atoms with Crippen molar-refractivity contribution in [3.63, 3.8) is 0 Å². The minimum absolute atomic E-state index is 0.0460. The van der Waals surface area contributed by atoms with Crippen LogP contribution in [-0.4, -0.2) is 38.2 Å². The van der Waals surface area contributed by atoms with E-state index in [4.69, 9.17) is 21.1 Å². The molecule has 4 N–H and O–H groups in total. The van der Waals surface area contributed by atoms with Crippen LogP contribution in [0.2, 0.25) is 5.02 Å². The summed E-state index contributed by atoms with van der Waals surface area (Å²) in [6, 6.07) is 23.8. The average molecular weight is 511 g/mol. The van der Waals surface area contributed by atoms with Gasteiger partial charge in [0.1, 0.15) is 12.6 Å². The maximum Gasteiger partial charge on any atom is 0.407 e. The molecule has 0 radical (unpaired) electrons. The van der Waals surface area contributed by atoms with Crippen LogP contribution in [0.25, 0.3) is 0 Å². The Balaban J connectivity index is 1.62. The van der Waals surface area contributed by atoms with E-state index in [1.165, 1.54) is 7.11 Å². The number of rotatable bonds is 11. The van der Waals surface area contributed by atoms with Crippen molar-refractivity contribution in [3.05, 3.63) is 101 Å². The molecular formula is C27H29ClN3O5+. The molecule has 188 valence electrons. The number of benzene rings is 3. The fraction of sp³-hybridized carbons (Fsp3) is 0.222. The zero-order valence-corrected chi connectivity index (χ0v) is 20.7. The Kier molecular flexibility index (Phi) is 10.3. The summed E-state index contributed by atoms with van der Waals surface area (Å²) < 4.78 is 9.94. The van der Waals surface area contributed by atoms with E-state index < -0.39 is 6.09 Å². The molecule has 8 nitrogen and oxygen atoms in total. The maximum absolute atomic E-state index is 12.7. The van der Waals surface area contributed by atoms with Crippen molar-refractivity contribution in [1.82, 2.24) is 5.32 Å². The van der Waals surface area contributed by atoms with Crippen LogP contribution in [0, 0.1) is 0 Å². The molecule has 0 aromatic heterocycles. The predicted molar refractivity (Wildman–Crippen MR) is 136 cm³/mol. The molecule has 2 amide bonds. The lowest BCUT2D eigenvalue weighted by molar-refractivity contribution is -0.677. The number of quaternary nitrogens is 1. The minimum Gasteiger partial charge on any atom is -0.465 e. The van der Waals surface area contributed by atoms with Gasteiger partial charge in [0.25, 0.3) is 0 Å². The predicted octanol–water partition coefficient (Wildman–Crippen LogP) is 3.42. The molecule has 0 unspecified atom stereocenters. The lowest BCUT2D eigenvalue weighted by Gasteiger charge is -2.20. The second-order valence-electron chi connectivity index (χ2n) is 7.92. The summed E-state index contributed by atoms with van der Waals surface area (Å²) in [5.74, 6) is -0.657. The number of methoxy groups -OCH3 is 1. The van der Waals surface area contributed by atoms with Crippen LogP contribution in [0.4, 0.5) is 10.5 Å². The van der Waals surface area contributed by atoms with Gasteiger partial charge in [-0.15, -0.1) is 0 Å². The molecule has 0 bridgehead atoms. The minimum atomic E-state index is -0.597. The molecule has 1 atom stereocenters. The molecule has 3 rings (SSSR count). The quantitative estimate of drug-likeness (QED) is 0.342. The third-order valence-electron chi connectivity index (χ3n) is 5.36. The van der Waals surface area contributed by atoms with E-state index >= 15 is 0 Å². The smallest absolute Gasteiger partial charge is 0.407 e. The Bertz CT molecular complexity index is 1160. The fourth-order valence-electron chi connectivity index (χ4n) is 3.57. The molecule has 0 spiro atoms. The molecule has 0 saturated carbocycles. The summed E-state index contributed by atoms with van der Waals surface area (Å²) in [5.41, 5.74) is 3.10. The van der Waals surface area contributed by atoms with Gasteiger partial charge in [0, 0.05) is 29.1 Å². The fourth-order valence-corrected chi connectivity index (χ4v) is 3.75. The largest absolute Gasteiger partial charge is 0.465 e.